The number of aryl methyl sites for hydroxylation is 1. The van der Waals surface area contributed by atoms with Gasteiger partial charge in [-0.3, -0.25) is 4.79 Å². The highest BCUT2D eigenvalue weighted by atomic mass is 35.5. The van der Waals surface area contributed by atoms with E-state index in [4.69, 9.17) is 20.4 Å². The van der Waals surface area contributed by atoms with E-state index in [0.717, 1.165) is 27.4 Å². The van der Waals surface area contributed by atoms with Crippen LogP contribution in [0.4, 0.5) is 5.69 Å². The third-order valence-corrected chi connectivity index (χ3v) is 6.51. The van der Waals surface area contributed by atoms with E-state index in [0.29, 0.717) is 48.7 Å². The minimum absolute atomic E-state index is 0.124. The van der Waals surface area contributed by atoms with Gasteiger partial charge in [-0.05, 0) is 36.8 Å². The Morgan fingerprint density at radius 2 is 1.94 bits per heavy atom. The average Bonchev–Trinajstić information content (AvgIpc) is 3.44. The fraction of sp³-hybridized carbons (Fsp3) is 0.261. The van der Waals surface area contributed by atoms with E-state index < -0.39 is 0 Å². The number of hydrogen-bond donors (Lipinski definition) is 0. The number of para-hydroxylation sites is 1. The van der Waals surface area contributed by atoms with E-state index in [2.05, 4.69) is 14.9 Å². The molecule has 2 aromatic heterocycles. The predicted molar refractivity (Wildman–Crippen MR) is 124 cm³/mol. The zero-order chi connectivity index (χ0) is 22.1. The second-order valence-electron chi connectivity index (χ2n) is 7.60. The van der Waals surface area contributed by atoms with Gasteiger partial charge in [-0.1, -0.05) is 41.6 Å². The topological polar surface area (TPSA) is 75.6 Å². The van der Waals surface area contributed by atoms with Crippen molar-refractivity contribution in [3.05, 3.63) is 70.9 Å². The van der Waals surface area contributed by atoms with Crippen molar-refractivity contribution in [3.8, 4) is 0 Å². The number of hydrogen-bond acceptors (Lipinski definition) is 7. The van der Waals surface area contributed by atoms with Crippen LogP contribution in [0.1, 0.15) is 21.9 Å². The molecule has 1 fully saturated rings. The molecule has 4 aromatic rings. The molecule has 5 rings (SSSR count). The van der Waals surface area contributed by atoms with E-state index in [-0.39, 0.29) is 5.91 Å². The molecule has 0 N–H and O–H groups in total. The first-order valence-electron chi connectivity index (χ1n) is 10.3. The Morgan fingerprint density at radius 3 is 2.75 bits per heavy atom. The van der Waals surface area contributed by atoms with Gasteiger partial charge in [-0.15, -0.1) is 0 Å². The van der Waals surface area contributed by atoms with Crippen LogP contribution >= 0.6 is 23.4 Å². The second-order valence-corrected chi connectivity index (χ2v) is 8.93. The van der Waals surface area contributed by atoms with Gasteiger partial charge in [0.05, 0.1) is 16.5 Å². The maximum atomic E-state index is 12.9. The highest BCUT2D eigenvalue weighted by Gasteiger charge is 2.25. The first-order chi connectivity index (χ1) is 15.6. The summed E-state index contributed by atoms with van der Waals surface area (Å²) >= 11 is 7.69. The summed E-state index contributed by atoms with van der Waals surface area (Å²) in [6, 6.07) is 13.6. The summed E-state index contributed by atoms with van der Waals surface area (Å²) in [5.41, 5.74) is 4.02. The van der Waals surface area contributed by atoms with Crippen molar-refractivity contribution in [3.63, 3.8) is 0 Å². The maximum absolute atomic E-state index is 12.9. The maximum Gasteiger partial charge on any atom is 0.275 e. The molecule has 32 heavy (non-hydrogen) atoms. The van der Waals surface area contributed by atoms with Crippen molar-refractivity contribution < 1.29 is 13.6 Å². The lowest BCUT2D eigenvalue weighted by Gasteiger charge is -2.36. The molecule has 1 aliphatic rings. The van der Waals surface area contributed by atoms with E-state index >= 15 is 0 Å². The number of carbonyl (C=O) groups excluding carboxylic acids is 1. The number of anilines is 1. The smallest absolute Gasteiger partial charge is 0.275 e. The van der Waals surface area contributed by atoms with Crippen LogP contribution in [-0.4, -0.2) is 47.0 Å². The van der Waals surface area contributed by atoms with Crippen LogP contribution in [0.15, 0.2) is 62.8 Å². The van der Waals surface area contributed by atoms with E-state index in [1.165, 1.54) is 18.0 Å². The molecule has 0 radical (unpaired) electrons. The Labute approximate surface area is 194 Å². The number of aromatic nitrogens is 2. The number of piperazine rings is 1. The van der Waals surface area contributed by atoms with Gasteiger partial charge < -0.3 is 18.6 Å². The molecular formula is C23H21ClN4O3S. The van der Waals surface area contributed by atoms with Crippen LogP contribution in [0.5, 0.6) is 0 Å². The highest BCUT2D eigenvalue weighted by Crippen LogP contribution is 2.28. The van der Waals surface area contributed by atoms with Crippen LogP contribution in [0.2, 0.25) is 5.02 Å². The number of benzene rings is 2. The molecule has 0 spiro atoms. The van der Waals surface area contributed by atoms with Crippen LogP contribution < -0.4 is 4.90 Å². The summed E-state index contributed by atoms with van der Waals surface area (Å²) in [4.78, 5) is 25.7. The number of rotatable bonds is 5. The molecule has 1 amide bonds. The summed E-state index contributed by atoms with van der Waals surface area (Å²) in [6.07, 6.45) is 1.42. The van der Waals surface area contributed by atoms with Crippen molar-refractivity contribution in [2.45, 2.75) is 17.9 Å². The Balaban J connectivity index is 1.18. The Bertz CT molecular complexity index is 1260. The van der Waals surface area contributed by atoms with Gasteiger partial charge in [-0.25, -0.2) is 9.97 Å². The lowest BCUT2D eigenvalue weighted by atomic mass is 10.2. The van der Waals surface area contributed by atoms with Crippen molar-refractivity contribution in [2.75, 3.05) is 31.1 Å². The number of amides is 1. The van der Waals surface area contributed by atoms with Crippen molar-refractivity contribution in [1.82, 2.24) is 14.9 Å². The molecule has 7 nitrogen and oxygen atoms in total. The third kappa shape index (κ3) is 4.33. The first-order valence-corrected chi connectivity index (χ1v) is 11.7. The standard InChI is InChI=1S/C23H21ClN4O3S/c1-15-6-7-20-17(12-15)26-23(31-20)32-14-21-25-18(13-30-21)22(29)28-10-8-27(9-11-28)19-5-3-2-4-16(19)24/h2-7,12-13H,8-11,14H2,1H3. The molecule has 3 heterocycles. The van der Waals surface area contributed by atoms with Crippen LogP contribution in [0.3, 0.4) is 0 Å². The molecule has 1 aliphatic heterocycles. The summed E-state index contributed by atoms with van der Waals surface area (Å²) in [5, 5.41) is 1.27. The minimum Gasteiger partial charge on any atom is -0.447 e. The van der Waals surface area contributed by atoms with Gasteiger partial charge >= 0.3 is 0 Å². The van der Waals surface area contributed by atoms with Gasteiger partial charge in [0.1, 0.15) is 11.8 Å². The number of carbonyl (C=O) groups is 1. The second kappa shape index (κ2) is 8.88. The fourth-order valence-electron chi connectivity index (χ4n) is 3.70. The minimum atomic E-state index is -0.124. The molecule has 0 bridgehead atoms. The zero-order valence-electron chi connectivity index (χ0n) is 17.5. The fourth-order valence-corrected chi connectivity index (χ4v) is 4.64. The Morgan fingerprint density at radius 1 is 1.12 bits per heavy atom. The number of fused-ring (bicyclic) bond motifs is 1. The molecule has 9 heteroatoms. The monoisotopic (exact) mass is 468 g/mol. The lowest BCUT2D eigenvalue weighted by molar-refractivity contribution is 0.0741. The summed E-state index contributed by atoms with van der Waals surface area (Å²) < 4.78 is 11.3. The molecule has 0 unspecified atom stereocenters. The normalized spacial score (nSPS) is 14.3. The molecule has 0 atom stereocenters. The molecule has 164 valence electrons. The molecule has 0 saturated carbocycles. The summed E-state index contributed by atoms with van der Waals surface area (Å²) in [7, 11) is 0. The average molecular weight is 469 g/mol. The largest absolute Gasteiger partial charge is 0.447 e. The number of nitrogens with zero attached hydrogens (tertiary/aromatic N) is 4. The van der Waals surface area contributed by atoms with E-state index in [1.807, 2.05) is 49.4 Å². The lowest BCUT2D eigenvalue weighted by Crippen LogP contribution is -2.49. The summed E-state index contributed by atoms with van der Waals surface area (Å²) in [5.74, 6) is 0.770. The number of thioether (sulfide) groups is 1. The van der Waals surface area contributed by atoms with Gasteiger partial charge in [0.15, 0.2) is 11.3 Å². The van der Waals surface area contributed by atoms with E-state index in [9.17, 15) is 4.79 Å². The van der Waals surface area contributed by atoms with Gasteiger partial charge in [0.2, 0.25) is 5.89 Å². The summed E-state index contributed by atoms with van der Waals surface area (Å²) in [6.45, 7) is 4.65. The molecular weight excluding hydrogens is 448 g/mol. The van der Waals surface area contributed by atoms with Gasteiger partial charge in [-0.2, -0.15) is 0 Å². The van der Waals surface area contributed by atoms with Crippen LogP contribution in [0.25, 0.3) is 11.1 Å². The molecule has 1 saturated heterocycles. The van der Waals surface area contributed by atoms with Gasteiger partial charge in [0.25, 0.3) is 11.1 Å². The number of oxazole rings is 2. The quantitative estimate of drug-likeness (QED) is 0.380. The van der Waals surface area contributed by atoms with Crippen LogP contribution in [-0.2, 0) is 5.75 Å². The molecule has 2 aromatic carbocycles. The SMILES string of the molecule is Cc1ccc2oc(SCc3nc(C(=O)N4CCN(c5ccccc5Cl)CC4)co3)nc2c1. The van der Waals surface area contributed by atoms with Crippen LogP contribution in [0, 0.1) is 6.92 Å². The van der Waals surface area contributed by atoms with Crippen molar-refractivity contribution in [1.29, 1.82) is 0 Å². The van der Waals surface area contributed by atoms with Crippen molar-refractivity contribution in [2.24, 2.45) is 0 Å². The third-order valence-electron chi connectivity index (χ3n) is 5.37. The predicted octanol–water partition coefficient (Wildman–Crippen LogP) is 5.03. The highest BCUT2D eigenvalue weighted by molar-refractivity contribution is 7.98. The number of halogens is 1. The van der Waals surface area contributed by atoms with Gasteiger partial charge in [0, 0.05) is 26.2 Å². The van der Waals surface area contributed by atoms with E-state index in [1.54, 1.807) is 4.90 Å². The Hall–Kier alpha value is -2.97. The molecule has 0 aliphatic carbocycles. The van der Waals surface area contributed by atoms with Crippen molar-refractivity contribution >= 4 is 46.1 Å². The zero-order valence-corrected chi connectivity index (χ0v) is 19.0. The first kappa shape index (κ1) is 20.9. The Kier molecular flexibility index (Phi) is 5.80.